The van der Waals surface area contributed by atoms with E-state index < -0.39 is 20.0 Å². The van der Waals surface area contributed by atoms with Crippen molar-refractivity contribution in [1.29, 1.82) is 0 Å². The molecule has 1 aliphatic heterocycles. The number of benzene rings is 2. The Kier molecular flexibility index (Phi) is 9.67. The van der Waals surface area contributed by atoms with Gasteiger partial charge in [-0.05, 0) is 74.9 Å². The number of hydrogen-bond acceptors (Lipinski definition) is 7. The molecule has 0 radical (unpaired) electrons. The molecular formula is C28H38FNO4S3. The Morgan fingerprint density at radius 2 is 1.86 bits per heavy atom. The van der Waals surface area contributed by atoms with Crippen LogP contribution in [-0.2, 0) is 25.1 Å². The third-order valence-corrected chi connectivity index (χ3v) is 11.3. The van der Waals surface area contributed by atoms with E-state index in [-0.39, 0.29) is 17.5 Å². The molecule has 3 rings (SSSR count). The summed E-state index contributed by atoms with van der Waals surface area (Å²) in [6, 6.07) is 10.0. The summed E-state index contributed by atoms with van der Waals surface area (Å²) in [5.41, 5.74) is 1.84. The summed E-state index contributed by atoms with van der Waals surface area (Å²) in [6.45, 7) is 8.34. The Bertz CT molecular complexity index is 1210. The van der Waals surface area contributed by atoms with Crippen LogP contribution in [0.25, 0.3) is 0 Å². The fourth-order valence-corrected chi connectivity index (χ4v) is 8.69. The average Bonchev–Trinajstić information content (AvgIpc) is 2.97. The van der Waals surface area contributed by atoms with Gasteiger partial charge in [-0.2, -0.15) is 0 Å². The van der Waals surface area contributed by atoms with Gasteiger partial charge in [0.1, 0.15) is 10.6 Å². The first-order valence-corrected chi connectivity index (χ1v) is 16.5. The van der Waals surface area contributed by atoms with Gasteiger partial charge in [-0.1, -0.05) is 26.7 Å². The summed E-state index contributed by atoms with van der Waals surface area (Å²) in [4.78, 5) is 15.5. The molecule has 2 aromatic rings. The Hall–Kier alpha value is -1.71. The molecule has 9 heteroatoms. The van der Waals surface area contributed by atoms with E-state index in [1.165, 1.54) is 31.0 Å². The number of fused-ring (bicyclic) bond motifs is 1. The van der Waals surface area contributed by atoms with Crippen LogP contribution in [0.1, 0.15) is 58.9 Å². The van der Waals surface area contributed by atoms with Gasteiger partial charge < -0.3 is 9.64 Å². The fraction of sp³-hybridized carbons (Fsp3) is 0.536. The van der Waals surface area contributed by atoms with Gasteiger partial charge in [0, 0.05) is 28.3 Å². The van der Waals surface area contributed by atoms with Crippen LogP contribution in [0.2, 0.25) is 0 Å². The molecular weight excluding hydrogens is 530 g/mol. The average molecular weight is 568 g/mol. The highest BCUT2D eigenvalue weighted by molar-refractivity contribution is 8.01. The highest BCUT2D eigenvalue weighted by atomic mass is 32.2. The first-order valence-electron chi connectivity index (χ1n) is 12.6. The lowest BCUT2D eigenvalue weighted by atomic mass is 9.81. The maximum atomic E-state index is 14.0. The molecule has 5 nitrogen and oxygen atoms in total. The molecule has 0 fully saturated rings. The largest absolute Gasteiger partial charge is 0.468 e. The number of sulfone groups is 1. The summed E-state index contributed by atoms with van der Waals surface area (Å²) in [7, 11) is -2.26. The Labute approximate surface area is 229 Å². The molecule has 1 unspecified atom stereocenters. The quantitative estimate of drug-likeness (QED) is 0.221. The van der Waals surface area contributed by atoms with Crippen molar-refractivity contribution in [3.05, 3.63) is 47.8 Å². The Morgan fingerprint density at radius 3 is 2.43 bits per heavy atom. The standard InChI is InChI=1S/C28H38FNO4S3/c1-7-9-14-28(8-2)18-30(22-12-10-21(29)11-13-22)23-16-24(35-6)20(15-25(23)37(32,33)19-28)17-36-27(3,4)26(31)34-5/h10-13,15-16H,7-9,14,17-19H2,1-6H3. The van der Waals surface area contributed by atoms with Crippen LogP contribution < -0.4 is 4.90 Å². The maximum Gasteiger partial charge on any atom is 0.321 e. The topological polar surface area (TPSA) is 63.7 Å². The zero-order valence-electron chi connectivity index (χ0n) is 22.6. The Balaban J connectivity index is 2.19. The number of unbranched alkanes of at least 4 members (excludes halogenated alkanes) is 1. The number of carbonyl (C=O) groups is 1. The summed E-state index contributed by atoms with van der Waals surface area (Å²) >= 11 is 2.97. The smallest absolute Gasteiger partial charge is 0.321 e. The molecule has 0 saturated carbocycles. The number of halogens is 1. The zero-order valence-corrected chi connectivity index (χ0v) is 25.0. The van der Waals surface area contributed by atoms with Crippen LogP contribution in [0.15, 0.2) is 46.2 Å². The van der Waals surface area contributed by atoms with E-state index >= 15 is 0 Å². The second-order valence-corrected chi connectivity index (χ2v) is 14.6. The van der Waals surface area contributed by atoms with Gasteiger partial charge in [0.2, 0.25) is 0 Å². The molecule has 0 aliphatic carbocycles. The van der Waals surface area contributed by atoms with Crippen LogP contribution >= 0.6 is 23.5 Å². The number of hydrogen-bond donors (Lipinski definition) is 0. The molecule has 37 heavy (non-hydrogen) atoms. The van der Waals surface area contributed by atoms with Crippen LogP contribution in [0.3, 0.4) is 0 Å². The van der Waals surface area contributed by atoms with Gasteiger partial charge in [-0.3, -0.25) is 4.79 Å². The van der Waals surface area contributed by atoms with Crippen molar-refractivity contribution in [2.24, 2.45) is 5.41 Å². The highest BCUT2D eigenvalue weighted by Gasteiger charge is 2.42. The number of rotatable bonds is 10. The minimum absolute atomic E-state index is 0.0695. The van der Waals surface area contributed by atoms with Gasteiger partial charge >= 0.3 is 5.97 Å². The first-order chi connectivity index (χ1) is 17.4. The molecule has 2 aromatic carbocycles. The van der Waals surface area contributed by atoms with Crippen molar-refractivity contribution in [3.63, 3.8) is 0 Å². The second-order valence-electron chi connectivity index (χ2n) is 10.2. The van der Waals surface area contributed by atoms with Crippen molar-refractivity contribution in [1.82, 2.24) is 0 Å². The van der Waals surface area contributed by atoms with E-state index in [4.69, 9.17) is 4.74 Å². The van der Waals surface area contributed by atoms with Crippen molar-refractivity contribution >= 4 is 50.7 Å². The fourth-order valence-electron chi connectivity index (χ4n) is 4.81. The summed E-state index contributed by atoms with van der Waals surface area (Å²) < 4.78 is 46.0. The number of esters is 1. The van der Waals surface area contributed by atoms with Crippen LogP contribution in [-0.4, -0.2) is 44.8 Å². The molecule has 0 bridgehead atoms. The number of carbonyl (C=O) groups excluding carboxylic acids is 1. The molecule has 0 spiro atoms. The lowest BCUT2D eigenvalue weighted by molar-refractivity contribution is -0.142. The van der Waals surface area contributed by atoms with Gasteiger partial charge in [0.25, 0.3) is 0 Å². The molecule has 0 N–H and O–H groups in total. The monoisotopic (exact) mass is 567 g/mol. The van der Waals surface area contributed by atoms with Crippen molar-refractivity contribution in [2.45, 2.75) is 73.7 Å². The van der Waals surface area contributed by atoms with Crippen LogP contribution in [0.4, 0.5) is 15.8 Å². The van der Waals surface area contributed by atoms with E-state index in [9.17, 15) is 17.6 Å². The van der Waals surface area contributed by atoms with E-state index in [2.05, 4.69) is 18.7 Å². The first kappa shape index (κ1) is 29.8. The molecule has 0 saturated heterocycles. The normalized spacial score (nSPS) is 19.3. The van der Waals surface area contributed by atoms with Crippen molar-refractivity contribution in [2.75, 3.05) is 30.6 Å². The molecule has 204 valence electrons. The SMILES string of the molecule is CCCCC1(CC)CN(c2ccc(F)cc2)c2cc(SC)c(CSC(C)(C)C(=O)OC)cc2S(=O)(=O)C1. The van der Waals surface area contributed by atoms with E-state index in [1.807, 2.05) is 26.2 Å². The molecule has 0 aromatic heterocycles. The lowest BCUT2D eigenvalue weighted by Crippen LogP contribution is -2.37. The second kappa shape index (κ2) is 12.0. The number of thioether (sulfide) groups is 2. The molecule has 1 atom stereocenters. The summed E-state index contributed by atoms with van der Waals surface area (Å²) in [5.74, 6) is -0.117. The summed E-state index contributed by atoms with van der Waals surface area (Å²) in [5, 5.41) is 0. The third-order valence-electron chi connectivity index (χ3n) is 7.19. The van der Waals surface area contributed by atoms with Gasteiger partial charge in [0.05, 0.1) is 23.4 Å². The van der Waals surface area contributed by atoms with E-state index in [0.29, 0.717) is 22.9 Å². The molecule has 0 amide bonds. The lowest BCUT2D eigenvalue weighted by Gasteiger charge is -2.36. The van der Waals surface area contributed by atoms with Crippen molar-refractivity contribution in [3.8, 4) is 0 Å². The molecule has 1 aliphatic rings. The molecule has 1 heterocycles. The third kappa shape index (κ3) is 6.66. The van der Waals surface area contributed by atoms with Crippen molar-refractivity contribution < 1.29 is 22.3 Å². The summed E-state index contributed by atoms with van der Waals surface area (Å²) in [6.07, 6.45) is 5.42. The van der Waals surface area contributed by atoms with Crippen LogP contribution in [0, 0.1) is 11.2 Å². The minimum atomic E-state index is -3.63. The predicted molar refractivity (Wildman–Crippen MR) is 153 cm³/mol. The Morgan fingerprint density at radius 1 is 1.19 bits per heavy atom. The van der Waals surface area contributed by atoms with Gasteiger partial charge in [-0.15, -0.1) is 23.5 Å². The highest BCUT2D eigenvalue weighted by Crippen LogP contribution is 2.46. The number of nitrogens with zero attached hydrogens (tertiary/aromatic N) is 1. The van der Waals surface area contributed by atoms with Gasteiger partial charge in [0.15, 0.2) is 9.84 Å². The number of anilines is 2. The van der Waals surface area contributed by atoms with E-state index in [1.54, 1.807) is 30.0 Å². The van der Waals surface area contributed by atoms with Gasteiger partial charge in [-0.25, -0.2) is 12.8 Å². The number of ether oxygens (including phenoxy) is 1. The van der Waals surface area contributed by atoms with E-state index in [0.717, 1.165) is 41.8 Å². The van der Waals surface area contributed by atoms with Crippen LogP contribution in [0.5, 0.6) is 0 Å². The zero-order chi connectivity index (χ0) is 27.4. The number of methoxy groups -OCH3 is 1. The predicted octanol–water partition coefficient (Wildman–Crippen LogP) is 7.24. The maximum absolute atomic E-state index is 14.0. The minimum Gasteiger partial charge on any atom is -0.468 e.